The van der Waals surface area contributed by atoms with Crippen LogP contribution in [0.1, 0.15) is 84.0 Å². The predicted molar refractivity (Wildman–Crippen MR) is 111 cm³/mol. The molecule has 2 saturated carbocycles. The van der Waals surface area contributed by atoms with Crippen molar-refractivity contribution < 1.29 is 19.8 Å². The first kappa shape index (κ1) is 23.1. The van der Waals surface area contributed by atoms with E-state index in [0.717, 1.165) is 57.9 Å². The standard InChI is InChI=1S/C23H39NO4/c1-17(25)24-15-9-4-2-3-8-12-19-20(23(28)16-22(19)27)13-14-21(26)18-10-6-5-7-11-18/h13-14,18-21,23,26,28H,2-12,15-16H2,1H3,(H,24,25)/b14-13+/t19-,20-,21+,23-/m1/s1. The molecule has 0 unspecified atom stereocenters. The Bertz CT molecular complexity index is 513. The smallest absolute Gasteiger partial charge is 0.216 e. The zero-order valence-corrected chi connectivity index (χ0v) is 17.4. The van der Waals surface area contributed by atoms with Gasteiger partial charge in [0.15, 0.2) is 0 Å². The number of hydrogen-bond acceptors (Lipinski definition) is 4. The summed E-state index contributed by atoms with van der Waals surface area (Å²) in [7, 11) is 0. The molecule has 0 aromatic heterocycles. The minimum absolute atomic E-state index is 0.0194. The summed E-state index contributed by atoms with van der Waals surface area (Å²) in [5.74, 6) is 0.260. The molecule has 2 aliphatic carbocycles. The third-order valence-electron chi connectivity index (χ3n) is 6.46. The maximum atomic E-state index is 12.3. The molecule has 2 aliphatic rings. The van der Waals surface area contributed by atoms with Crippen LogP contribution in [-0.4, -0.2) is 40.7 Å². The van der Waals surface area contributed by atoms with E-state index in [0.29, 0.717) is 5.92 Å². The van der Waals surface area contributed by atoms with Crippen molar-refractivity contribution in [1.82, 2.24) is 5.32 Å². The van der Waals surface area contributed by atoms with Gasteiger partial charge in [0.2, 0.25) is 5.91 Å². The summed E-state index contributed by atoms with van der Waals surface area (Å²) in [6.45, 7) is 2.27. The van der Waals surface area contributed by atoms with Crippen LogP contribution < -0.4 is 5.32 Å². The minimum atomic E-state index is -0.607. The number of nitrogens with one attached hydrogen (secondary N) is 1. The first-order valence-electron chi connectivity index (χ1n) is 11.3. The van der Waals surface area contributed by atoms with Gasteiger partial charge in [-0.05, 0) is 31.6 Å². The van der Waals surface area contributed by atoms with Crippen molar-refractivity contribution in [3.63, 3.8) is 0 Å². The van der Waals surface area contributed by atoms with Crippen LogP contribution in [0.4, 0.5) is 0 Å². The first-order valence-corrected chi connectivity index (χ1v) is 11.3. The van der Waals surface area contributed by atoms with Crippen molar-refractivity contribution in [1.29, 1.82) is 0 Å². The average molecular weight is 394 g/mol. The molecular formula is C23H39NO4. The summed E-state index contributed by atoms with van der Waals surface area (Å²) in [6, 6.07) is 0. The summed E-state index contributed by atoms with van der Waals surface area (Å²) >= 11 is 0. The Balaban J connectivity index is 1.71. The highest BCUT2D eigenvalue weighted by Crippen LogP contribution is 2.35. The maximum absolute atomic E-state index is 12.3. The summed E-state index contributed by atoms with van der Waals surface area (Å²) in [5.41, 5.74) is 0. The van der Waals surface area contributed by atoms with Gasteiger partial charge < -0.3 is 15.5 Å². The summed E-state index contributed by atoms with van der Waals surface area (Å²) in [5, 5.41) is 23.6. The molecule has 160 valence electrons. The van der Waals surface area contributed by atoms with Crippen molar-refractivity contribution in [3.05, 3.63) is 12.2 Å². The topological polar surface area (TPSA) is 86.6 Å². The van der Waals surface area contributed by atoms with E-state index < -0.39 is 12.2 Å². The van der Waals surface area contributed by atoms with Gasteiger partial charge in [-0.15, -0.1) is 0 Å². The third-order valence-corrected chi connectivity index (χ3v) is 6.46. The molecule has 2 rings (SSSR count). The van der Waals surface area contributed by atoms with Gasteiger partial charge >= 0.3 is 0 Å². The lowest BCUT2D eigenvalue weighted by atomic mass is 9.83. The molecule has 3 N–H and O–H groups in total. The Morgan fingerprint density at radius 3 is 2.54 bits per heavy atom. The third kappa shape index (κ3) is 7.67. The zero-order chi connectivity index (χ0) is 20.4. The van der Waals surface area contributed by atoms with Crippen molar-refractivity contribution >= 4 is 11.7 Å². The number of unbranched alkanes of at least 4 members (excludes halogenated alkanes) is 4. The van der Waals surface area contributed by atoms with Gasteiger partial charge in [0.05, 0.1) is 12.2 Å². The number of rotatable bonds is 11. The first-order chi connectivity index (χ1) is 13.5. The number of ketones is 1. The molecule has 0 saturated heterocycles. The largest absolute Gasteiger partial charge is 0.392 e. The molecule has 5 nitrogen and oxygen atoms in total. The van der Waals surface area contributed by atoms with Crippen LogP contribution in [0.5, 0.6) is 0 Å². The Morgan fingerprint density at radius 2 is 1.82 bits per heavy atom. The highest BCUT2D eigenvalue weighted by atomic mass is 16.3. The van der Waals surface area contributed by atoms with E-state index in [1.807, 2.05) is 12.2 Å². The van der Waals surface area contributed by atoms with Crippen molar-refractivity contribution in [2.24, 2.45) is 17.8 Å². The van der Waals surface area contributed by atoms with Gasteiger partial charge in [0.1, 0.15) is 5.78 Å². The predicted octanol–water partition coefficient (Wildman–Crippen LogP) is 3.53. The minimum Gasteiger partial charge on any atom is -0.392 e. The molecule has 4 atom stereocenters. The van der Waals surface area contributed by atoms with E-state index in [-0.39, 0.29) is 29.9 Å². The van der Waals surface area contributed by atoms with Crippen LogP contribution in [0.3, 0.4) is 0 Å². The van der Waals surface area contributed by atoms with Gasteiger partial charge in [-0.1, -0.05) is 57.1 Å². The zero-order valence-electron chi connectivity index (χ0n) is 17.4. The Morgan fingerprint density at radius 1 is 1.14 bits per heavy atom. The second-order valence-electron chi connectivity index (χ2n) is 8.73. The van der Waals surface area contributed by atoms with Gasteiger partial charge in [-0.25, -0.2) is 0 Å². The lowest BCUT2D eigenvalue weighted by Crippen LogP contribution is -2.23. The van der Waals surface area contributed by atoms with Crippen molar-refractivity contribution in [2.45, 2.75) is 96.2 Å². The molecule has 0 bridgehead atoms. The molecule has 0 spiro atoms. The summed E-state index contributed by atoms with van der Waals surface area (Å²) < 4.78 is 0. The van der Waals surface area contributed by atoms with Gasteiger partial charge in [0, 0.05) is 31.7 Å². The molecule has 0 aromatic carbocycles. The normalized spacial score (nSPS) is 27.4. The van der Waals surface area contributed by atoms with Crippen LogP contribution in [0.25, 0.3) is 0 Å². The van der Waals surface area contributed by atoms with Crippen LogP contribution in [0.2, 0.25) is 0 Å². The molecule has 0 radical (unpaired) electrons. The molecule has 1 amide bonds. The van der Waals surface area contributed by atoms with Gasteiger partial charge in [-0.2, -0.15) is 0 Å². The number of amides is 1. The van der Waals surface area contributed by atoms with Gasteiger partial charge in [-0.3, -0.25) is 9.59 Å². The second kappa shape index (κ2) is 12.4. The van der Waals surface area contributed by atoms with Crippen LogP contribution in [0.15, 0.2) is 12.2 Å². The van der Waals surface area contributed by atoms with Crippen LogP contribution in [0, 0.1) is 17.8 Å². The van der Waals surface area contributed by atoms with E-state index in [1.54, 1.807) is 0 Å². The van der Waals surface area contributed by atoms with E-state index in [4.69, 9.17) is 0 Å². The monoisotopic (exact) mass is 393 g/mol. The van der Waals surface area contributed by atoms with Crippen LogP contribution in [-0.2, 0) is 9.59 Å². The van der Waals surface area contributed by atoms with E-state index >= 15 is 0 Å². The molecule has 0 aliphatic heterocycles. The lowest BCUT2D eigenvalue weighted by molar-refractivity contribution is -0.121. The van der Waals surface area contributed by atoms with Crippen molar-refractivity contribution in [3.8, 4) is 0 Å². The number of hydrogen-bond donors (Lipinski definition) is 3. The summed E-state index contributed by atoms with van der Waals surface area (Å²) in [6.07, 6.45) is 14.8. The molecule has 0 heterocycles. The number of carbonyl (C=O) groups is 2. The molecular weight excluding hydrogens is 354 g/mol. The van der Waals surface area contributed by atoms with E-state index in [9.17, 15) is 19.8 Å². The fraction of sp³-hybridized carbons (Fsp3) is 0.826. The maximum Gasteiger partial charge on any atom is 0.216 e. The number of Topliss-reactive ketones (excluding diaryl/α,β-unsaturated/α-hetero) is 1. The Labute approximate surface area is 170 Å². The van der Waals surface area contributed by atoms with Crippen LogP contribution >= 0.6 is 0 Å². The fourth-order valence-corrected chi connectivity index (χ4v) is 4.75. The number of aliphatic hydroxyl groups is 2. The SMILES string of the molecule is CC(=O)NCCCCCCC[C@H]1C(=O)C[C@@H](O)[C@@H]1/C=C/[C@H](O)C1CCCCC1. The molecule has 5 heteroatoms. The van der Waals surface area contributed by atoms with E-state index in [2.05, 4.69) is 5.32 Å². The van der Waals surface area contributed by atoms with Gasteiger partial charge in [0.25, 0.3) is 0 Å². The highest BCUT2D eigenvalue weighted by molar-refractivity contribution is 5.84. The number of carbonyl (C=O) groups excluding carboxylic acids is 2. The average Bonchev–Trinajstić information content (AvgIpc) is 2.95. The molecule has 28 heavy (non-hydrogen) atoms. The summed E-state index contributed by atoms with van der Waals surface area (Å²) in [4.78, 5) is 23.1. The van der Waals surface area contributed by atoms with E-state index in [1.165, 1.54) is 26.2 Å². The fourth-order valence-electron chi connectivity index (χ4n) is 4.75. The highest BCUT2D eigenvalue weighted by Gasteiger charge is 2.39. The lowest BCUT2D eigenvalue weighted by Gasteiger charge is -2.25. The Hall–Kier alpha value is -1.20. The quantitative estimate of drug-likeness (QED) is 0.370. The Kier molecular flexibility index (Phi) is 10.2. The second-order valence-corrected chi connectivity index (χ2v) is 8.73. The molecule has 2 fully saturated rings. The molecule has 0 aromatic rings. The van der Waals surface area contributed by atoms with Crippen molar-refractivity contribution in [2.75, 3.05) is 6.54 Å². The number of aliphatic hydroxyl groups excluding tert-OH is 2.